The fourth-order valence-corrected chi connectivity index (χ4v) is 2.81. The van der Waals surface area contributed by atoms with Crippen molar-refractivity contribution in [3.8, 4) is 0 Å². The zero-order valence-electron chi connectivity index (χ0n) is 12.4. The van der Waals surface area contributed by atoms with Crippen LogP contribution in [0.25, 0.3) is 0 Å². The molecule has 1 amide bonds. The molecule has 1 rings (SSSR count). The molecule has 3 heteroatoms. The summed E-state index contributed by atoms with van der Waals surface area (Å²) in [7, 11) is 0. The Morgan fingerprint density at radius 3 is 2.47 bits per heavy atom. The monoisotopic (exact) mass is 264 g/mol. The van der Waals surface area contributed by atoms with Gasteiger partial charge in [0.1, 0.15) is 0 Å². The molecular weight excluding hydrogens is 236 g/mol. The maximum atomic E-state index is 12.1. The molecule has 0 bridgehead atoms. The molecule has 0 aliphatic heterocycles. The number of carbonyl (C=O) groups is 1. The number of carbonyl (C=O) groups excluding carboxylic acids is 1. The van der Waals surface area contributed by atoms with Gasteiger partial charge in [-0.3, -0.25) is 9.69 Å². The molecule has 3 atom stereocenters. The van der Waals surface area contributed by atoms with Crippen LogP contribution in [0.5, 0.6) is 0 Å². The van der Waals surface area contributed by atoms with E-state index in [4.69, 9.17) is 0 Å². The average molecular weight is 264 g/mol. The first kappa shape index (κ1) is 16.0. The Labute approximate surface area is 117 Å². The molecule has 1 fully saturated rings. The molecule has 3 nitrogen and oxygen atoms in total. The summed E-state index contributed by atoms with van der Waals surface area (Å²) in [6.45, 7) is 13.8. The van der Waals surface area contributed by atoms with Gasteiger partial charge in [0.25, 0.3) is 0 Å². The van der Waals surface area contributed by atoms with Gasteiger partial charge in [-0.05, 0) is 18.3 Å². The highest BCUT2D eigenvalue weighted by Gasteiger charge is 2.28. The minimum Gasteiger partial charge on any atom is -0.352 e. The number of hydrogen-bond acceptors (Lipinski definition) is 2. The van der Waals surface area contributed by atoms with Crippen LogP contribution in [0.3, 0.4) is 0 Å². The van der Waals surface area contributed by atoms with Gasteiger partial charge in [-0.2, -0.15) is 0 Å². The SMILES string of the molecule is C=CCN(CC=C)CC(=O)NC1CCCC(C)C1C. The second-order valence-corrected chi connectivity index (χ2v) is 5.71. The van der Waals surface area contributed by atoms with Crippen LogP contribution in [0.2, 0.25) is 0 Å². The summed E-state index contributed by atoms with van der Waals surface area (Å²) < 4.78 is 0. The molecule has 3 unspecified atom stereocenters. The van der Waals surface area contributed by atoms with E-state index >= 15 is 0 Å². The van der Waals surface area contributed by atoms with E-state index in [0.717, 1.165) is 19.5 Å². The van der Waals surface area contributed by atoms with Crippen molar-refractivity contribution in [3.63, 3.8) is 0 Å². The summed E-state index contributed by atoms with van der Waals surface area (Å²) >= 11 is 0. The van der Waals surface area contributed by atoms with Crippen LogP contribution in [0.15, 0.2) is 25.3 Å². The van der Waals surface area contributed by atoms with Crippen LogP contribution in [0.4, 0.5) is 0 Å². The van der Waals surface area contributed by atoms with Crippen molar-refractivity contribution >= 4 is 5.91 Å². The van der Waals surface area contributed by atoms with Crippen LogP contribution in [0, 0.1) is 11.8 Å². The molecular formula is C16H28N2O. The van der Waals surface area contributed by atoms with E-state index in [1.165, 1.54) is 12.8 Å². The van der Waals surface area contributed by atoms with E-state index in [0.29, 0.717) is 24.4 Å². The third-order valence-corrected chi connectivity index (χ3v) is 4.20. The molecule has 0 saturated heterocycles. The third-order valence-electron chi connectivity index (χ3n) is 4.20. The molecule has 1 N–H and O–H groups in total. The van der Waals surface area contributed by atoms with Gasteiger partial charge >= 0.3 is 0 Å². The van der Waals surface area contributed by atoms with Crippen LogP contribution in [-0.2, 0) is 4.79 Å². The summed E-state index contributed by atoms with van der Waals surface area (Å²) in [6, 6.07) is 0.338. The summed E-state index contributed by atoms with van der Waals surface area (Å²) in [6.07, 6.45) is 7.26. The van der Waals surface area contributed by atoms with Gasteiger partial charge in [0.2, 0.25) is 5.91 Å². The Hall–Kier alpha value is -1.09. The predicted octanol–water partition coefficient (Wildman–Crippen LogP) is 2.60. The lowest BCUT2D eigenvalue weighted by Crippen LogP contribution is -2.47. The van der Waals surface area contributed by atoms with Crippen molar-refractivity contribution in [3.05, 3.63) is 25.3 Å². The van der Waals surface area contributed by atoms with Gasteiger partial charge in [-0.15, -0.1) is 13.2 Å². The Balaban J connectivity index is 2.44. The van der Waals surface area contributed by atoms with Crippen molar-refractivity contribution < 1.29 is 4.79 Å². The summed E-state index contributed by atoms with van der Waals surface area (Å²) in [5.41, 5.74) is 0. The highest BCUT2D eigenvalue weighted by molar-refractivity contribution is 5.78. The van der Waals surface area contributed by atoms with E-state index in [1.807, 2.05) is 17.1 Å². The second kappa shape index (κ2) is 8.16. The lowest BCUT2D eigenvalue weighted by atomic mass is 9.78. The summed E-state index contributed by atoms with van der Waals surface area (Å²) in [4.78, 5) is 14.1. The molecule has 1 aliphatic carbocycles. The van der Waals surface area contributed by atoms with Gasteiger partial charge < -0.3 is 5.32 Å². The number of hydrogen-bond donors (Lipinski definition) is 1. The fourth-order valence-electron chi connectivity index (χ4n) is 2.81. The van der Waals surface area contributed by atoms with Crippen molar-refractivity contribution in [1.29, 1.82) is 0 Å². The minimum absolute atomic E-state index is 0.120. The Morgan fingerprint density at radius 2 is 1.89 bits per heavy atom. The first-order valence-electron chi connectivity index (χ1n) is 7.32. The molecule has 19 heavy (non-hydrogen) atoms. The van der Waals surface area contributed by atoms with E-state index in [2.05, 4.69) is 32.3 Å². The number of nitrogens with zero attached hydrogens (tertiary/aromatic N) is 1. The number of amides is 1. The number of nitrogens with one attached hydrogen (secondary N) is 1. The van der Waals surface area contributed by atoms with Crippen LogP contribution >= 0.6 is 0 Å². The maximum absolute atomic E-state index is 12.1. The molecule has 1 aliphatic rings. The van der Waals surface area contributed by atoms with Gasteiger partial charge in [0, 0.05) is 19.1 Å². The zero-order chi connectivity index (χ0) is 14.3. The highest BCUT2D eigenvalue weighted by atomic mass is 16.2. The molecule has 1 saturated carbocycles. The standard InChI is InChI=1S/C16H28N2O/c1-5-10-18(11-6-2)12-16(19)17-15-9-7-8-13(3)14(15)4/h5-6,13-15H,1-2,7-12H2,3-4H3,(H,17,19). The van der Waals surface area contributed by atoms with E-state index in [1.54, 1.807) is 0 Å². The van der Waals surface area contributed by atoms with Gasteiger partial charge in [-0.1, -0.05) is 38.8 Å². The maximum Gasteiger partial charge on any atom is 0.234 e. The smallest absolute Gasteiger partial charge is 0.234 e. The zero-order valence-corrected chi connectivity index (χ0v) is 12.4. The van der Waals surface area contributed by atoms with Crippen molar-refractivity contribution in [1.82, 2.24) is 10.2 Å². The predicted molar refractivity (Wildman–Crippen MR) is 80.9 cm³/mol. The molecule has 0 aromatic heterocycles. The largest absolute Gasteiger partial charge is 0.352 e. The first-order chi connectivity index (χ1) is 9.08. The Bertz CT molecular complexity index is 304. The molecule has 0 heterocycles. The molecule has 0 aromatic carbocycles. The second-order valence-electron chi connectivity index (χ2n) is 5.71. The van der Waals surface area contributed by atoms with Gasteiger partial charge in [0.15, 0.2) is 0 Å². The Kier molecular flexibility index (Phi) is 6.85. The molecule has 0 spiro atoms. The van der Waals surface area contributed by atoms with Crippen LogP contribution in [-0.4, -0.2) is 36.5 Å². The number of rotatable bonds is 7. The van der Waals surface area contributed by atoms with Gasteiger partial charge in [0.05, 0.1) is 6.54 Å². The fraction of sp³-hybridized carbons (Fsp3) is 0.688. The van der Waals surface area contributed by atoms with Crippen molar-refractivity contribution in [2.45, 2.75) is 39.2 Å². The minimum atomic E-state index is 0.120. The summed E-state index contributed by atoms with van der Waals surface area (Å²) in [5.74, 6) is 1.40. The average Bonchev–Trinajstić information content (AvgIpc) is 2.35. The molecule has 108 valence electrons. The third kappa shape index (κ3) is 5.19. The lowest BCUT2D eigenvalue weighted by molar-refractivity contribution is -0.123. The Morgan fingerprint density at radius 1 is 1.26 bits per heavy atom. The van der Waals surface area contributed by atoms with E-state index in [9.17, 15) is 4.79 Å². The first-order valence-corrected chi connectivity index (χ1v) is 7.32. The van der Waals surface area contributed by atoms with Crippen LogP contribution in [0.1, 0.15) is 33.1 Å². The molecule has 0 radical (unpaired) electrons. The van der Waals surface area contributed by atoms with E-state index < -0.39 is 0 Å². The van der Waals surface area contributed by atoms with Gasteiger partial charge in [-0.25, -0.2) is 0 Å². The quantitative estimate of drug-likeness (QED) is 0.717. The van der Waals surface area contributed by atoms with E-state index in [-0.39, 0.29) is 5.91 Å². The van der Waals surface area contributed by atoms with Crippen molar-refractivity contribution in [2.75, 3.05) is 19.6 Å². The molecule has 0 aromatic rings. The summed E-state index contributed by atoms with van der Waals surface area (Å²) in [5, 5.41) is 3.20. The normalized spacial score (nSPS) is 27.0. The van der Waals surface area contributed by atoms with Crippen LogP contribution < -0.4 is 5.32 Å². The highest BCUT2D eigenvalue weighted by Crippen LogP contribution is 2.29. The lowest BCUT2D eigenvalue weighted by Gasteiger charge is -2.35. The van der Waals surface area contributed by atoms with Crippen molar-refractivity contribution in [2.24, 2.45) is 11.8 Å². The topological polar surface area (TPSA) is 32.3 Å².